The van der Waals surface area contributed by atoms with Crippen LogP contribution in [0, 0.1) is 0 Å². The number of phosphoric ester groups is 1. The molecular weight excluding hydrogens is 354 g/mol. The molecule has 0 rings (SSSR count). The van der Waals surface area contributed by atoms with Crippen LogP contribution in [0.5, 0.6) is 0 Å². The van der Waals surface area contributed by atoms with E-state index in [1.54, 1.807) is 5.09 Å². The number of hydrogen-bond donors (Lipinski definition) is 5. The second-order valence-electron chi connectivity index (χ2n) is 2.58. The predicted octanol–water partition coefficient (Wildman–Crippen LogP) is 0.304. The molecule has 0 fully saturated rings. The van der Waals surface area contributed by atoms with Gasteiger partial charge in [-0.2, -0.15) is 12.9 Å². The fourth-order valence-corrected chi connectivity index (χ4v) is 5.08. The Morgan fingerprint density at radius 3 is 1.53 bits per heavy atom. The zero-order valence-electron chi connectivity index (χ0n) is 9.34. The first kappa shape index (κ1) is 19.6. The summed E-state index contributed by atoms with van der Waals surface area (Å²) in [6.45, 7) is 0. The topological polar surface area (TPSA) is 198 Å². The van der Waals surface area contributed by atoms with E-state index in [-0.39, 0.29) is 0 Å². The van der Waals surface area contributed by atoms with Crippen molar-refractivity contribution in [1.29, 1.82) is 0 Å². The van der Waals surface area contributed by atoms with Gasteiger partial charge >= 0.3 is 31.2 Å². The summed E-state index contributed by atoms with van der Waals surface area (Å²) in [6, 6.07) is 0. The first-order chi connectivity index (χ1) is 8.24. The zero-order valence-corrected chi connectivity index (χ0v) is 12.9. The molecule has 0 radical (unpaired) electrons. The van der Waals surface area contributed by atoms with Crippen LogP contribution in [0.1, 0.15) is 0 Å². The number of phosphoric acid groups is 3. The van der Waals surface area contributed by atoms with E-state index in [4.69, 9.17) is 19.6 Å². The fourth-order valence-electron chi connectivity index (χ4n) is 0.505. The minimum absolute atomic E-state index is 0.638. The smallest absolute Gasteiger partial charge is 0.312 e. The third-order valence-electron chi connectivity index (χ3n) is 1.14. The molecule has 0 bridgehead atoms. The normalized spacial score (nSPS) is 24.7. The Kier molecular flexibility index (Phi) is 6.74. The highest BCUT2D eigenvalue weighted by Crippen LogP contribution is 2.70. The van der Waals surface area contributed by atoms with Crippen molar-refractivity contribution in [2.45, 2.75) is 0 Å². The monoisotopic (exact) mass is 365 g/mol. The van der Waals surface area contributed by atoms with Crippen LogP contribution in [-0.4, -0.2) is 33.7 Å². The van der Waals surface area contributed by atoms with E-state index in [9.17, 15) is 18.3 Å². The summed E-state index contributed by atoms with van der Waals surface area (Å²) >= 11 is 0. The molecule has 17 heteroatoms. The molecule has 5 N–H and O–H groups in total. The van der Waals surface area contributed by atoms with Crippen LogP contribution < -0.4 is 5.09 Å². The molecule has 0 amide bonds. The molecular formula is C2H11NO12P4. The molecule has 0 aliphatic rings. The molecule has 4 atom stereocenters. The zero-order chi connectivity index (χ0) is 15.5. The van der Waals surface area contributed by atoms with Gasteiger partial charge in [-0.05, 0) is 7.05 Å². The van der Waals surface area contributed by atoms with Crippen molar-refractivity contribution in [3.63, 3.8) is 0 Å². The highest BCUT2D eigenvalue weighted by molar-refractivity contribution is 7.70. The number of rotatable bonds is 8. The van der Waals surface area contributed by atoms with E-state index in [2.05, 4.69) is 17.5 Å². The molecule has 116 valence electrons. The number of nitrogens with one attached hydrogen (secondary N) is 1. The first-order valence-corrected chi connectivity index (χ1v) is 10.0. The lowest BCUT2D eigenvalue weighted by atomic mass is 11.6. The molecule has 0 saturated carbocycles. The maximum absolute atomic E-state index is 11.1. The van der Waals surface area contributed by atoms with Gasteiger partial charge in [0.1, 0.15) is 0 Å². The molecule has 0 aliphatic carbocycles. The van der Waals surface area contributed by atoms with Crippen molar-refractivity contribution in [2.75, 3.05) is 14.2 Å². The van der Waals surface area contributed by atoms with E-state index >= 15 is 0 Å². The summed E-state index contributed by atoms with van der Waals surface area (Å²) in [7, 11) is -19.4. The van der Waals surface area contributed by atoms with E-state index in [1.807, 2.05) is 0 Å². The van der Waals surface area contributed by atoms with E-state index in [1.165, 1.54) is 0 Å². The minimum atomic E-state index is -5.58. The highest BCUT2D eigenvalue weighted by atomic mass is 31.3. The first-order valence-electron chi connectivity index (χ1n) is 3.94. The molecule has 4 unspecified atom stereocenters. The van der Waals surface area contributed by atoms with Gasteiger partial charge in [0, 0.05) is 7.11 Å². The Labute approximate surface area is 106 Å². The van der Waals surface area contributed by atoms with E-state index in [0.717, 1.165) is 7.05 Å². The van der Waals surface area contributed by atoms with Crippen molar-refractivity contribution in [3.8, 4) is 0 Å². The van der Waals surface area contributed by atoms with Gasteiger partial charge in [0.05, 0.1) is 0 Å². The van der Waals surface area contributed by atoms with Gasteiger partial charge in [-0.1, -0.05) is 0 Å². The Morgan fingerprint density at radius 2 is 1.16 bits per heavy atom. The third kappa shape index (κ3) is 8.44. The van der Waals surface area contributed by atoms with Crippen molar-refractivity contribution in [1.82, 2.24) is 5.09 Å². The van der Waals surface area contributed by atoms with Gasteiger partial charge in [-0.25, -0.2) is 23.3 Å². The van der Waals surface area contributed by atoms with Crippen LogP contribution in [-0.2, 0) is 35.7 Å². The van der Waals surface area contributed by atoms with Gasteiger partial charge in [-0.3, -0.25) is 4.52 Å². The van der Waals surface area contributed by atoms with Gasteiger partial charge in [0.2, 0.25) is 0 Å². The summed E-state index contributed by atoms with van der Waals surface area (Å²) in [5, 5.41) is 1.58. The van der Waals surface area contributed by atoms with E-state index < -0.39 is 31.2 Å². The number of hydrogen-bond acceptors (Lipinski definition) is 8. The Bertz CT molecular complexity index is 454. The van der Waals surface area contributed by atoms with Gasteiger partial charge in [0.15, 0.2) is 0 Å². The average Bonchev–Trinajstić information content (AvgIpc) is 2.12. The summed E-state index contributed by atoms with van der Waals surface area (Å²) in [5.41, 5.74) is 0. The SMILES string of the molecule is CNP(=O)(O)OP(=O)(O)OP(=O)(O)OP(=O)(O)OC. The predicted molar refractivity (Wildman–Crippen MR) is 58.6 cm³/mol. The summed E-state index contributed by atoms with van der Waals surface area (Å²) < 4.78 is 58.3. The highest BCUT2D eigenvalue weighted by Gasteiger charge is 2.44. The minimum Gasteiger partial charge on any atom is -0.312 e. The molecule has 0 aromatic carbocycles. The third-order valence-corrected chi connectivity index (χ3v) is 7.18. The van der Waals surface area contributed by atoms with Crippen molar-refractivity contribution < 1.29 is 55.3 Å². The molecule has 13 nitrogen and oxygen atoms in total. The lowest BCUT2D eigenvalue weighted by molar-refractivity contribution is 0.190. The van der Waals surface area contributed by atoms with Gasteiger partial charge in [-0.15, -0.1) is 0 Å². The van der Waals surface area contributed by atoms with Crippen LogP contribution in [0.25, 0.3) is 0 Å². The van der Waals surface area contributed by atoms with Crippen molar-refractivity contribution in [2.24, 2.45) is 0 Å². The van der Waals surface area contributed by atoms with E-state index in [0.29, 0.717) is 7.11 Å². The van der Waals surface area contributed by atoms with Crippen molar-refractivity contribution in [3.05, 3.63) is 0 Å². The lowest BCUT2D eigenvalue weighted by Crippen LogP contribution is -2.05. The lowest BCUT2D eigenvalue weighted by Gasteiger charge is -2.18. The summed E-state index contributed by atoms with van der Waals surface area (Å²) in [6.07, 6.45) is 0. The maximum atomic E-state index is 11.1. The molecule has 0 aromatic rings. The fraction of sp³-hybridized carbons (Fsp3) is 1.00. The van der Waals surface area contributed by atoms with Crippen LogP contribution in [0.4, 0.5) is 0 Å². The Hall–Kier alpha value is 0.560. The van der Waals surface area contributed by atoms with Crippen molar-refractivity contribution >= 4 is 31.2 Å². The Balaban J connectivity index is 4.93. The molecule has 0 saturated heterocycles. The molecule has 0 spiro atoms. The van der Waals surface area contributed by atoms with Crippen LogP contribution >= 0.6 is 31.2 Å². The van der Waals surface area contributed by atoms with Crippen LogP contribution in [0.3, 0.4) is 0 Å². The maximum Gasteiger partial charge on any atom is 0.490 e. The second-order valence-corrected chi connectivity index (χ2v) is 9.20. The molecule has 19 heavy (non-hydrogen) atoms. The molecule has 0 heterocycles. The molecule has 0 aromatic heterocycles. The van der Waals surface area contributed by atoms with Crippen LogP contribution in [0.2, 0.25) is 0 Å². The summed E-state index contributed by atoms with van der Waals surface area (Å²) in [4.78, 5) is 35.3. The second kappa shape index (κ2) is 6.55. The average molecular weight is 365 g/mol. The van der Waals surface area contributed by atoms with Gasteiger partial charge < -0.3 is 19.6 Å². The Morgan fingerprint density at radius 1 is 0.789 bits per heavy atom. The largest absolute Gasteiger partial charge is 0.490 e. The van der Waals surface area contributed by atoms with Crippen LogP contribution in [0.15, 0.2) is 0 Å². The van der Waals surface area contributed by atoms with Gasteiger partial charge in [0.25, 0.3) is 0 Å². The summed E-state index contributed by atoms with van der Waals surface area (Å²) in [5.74, 6) is 0. The molecule has 0 aliphatic heterocycles. The quantitative estimate of drug-likeness (QED) is 0.368. The standard InChI is InChI=1S/C2H11NO12P4/c1-3-16(4,5)13-18(8,9)15-19(10,11)14-17(6,7)12-2/h1-2H3,(H,6,7)(H,8,9)(H,10,11)(H2,3,4,5).